The SMILES string of the molecule is NC(C(=O)NC1CCCN(c2ccccc2Cl)C1)C1CCOCC1. The molecule has 1 amide bonds. The lowest BCUT2D eigenvalue weighted by molar-refractivity contribution is -0.125. The molecule has 1 aromatic rings. The van der Waals surface area contributed by atoms with Crippen molar-refractivity contribution >= 4 is 23.2 Å². The fourth-order valence-electron chi connectivity index (χ4n) is 3.61. The molecule has 2 saturated heterocycles. The number of nitrogens with two attached hydrogens (primary N) is 1. The Bertz CT molecular complexity index is 563. The second-order valence-corrected chi connectivity index (χ2v) is 7.13. The molecule has 2 unspecified atom stereocenters. The largest absolute Gasteiger partial charge is 0.381 e. The van der Waals surface area contributed by atoms with Crippen molar-refractivity contribution in [2.75, 3.05) is 31.2 Å². The van der Waals surface area contributed by atoms with E-state index in [9.17, 15) is 4.79 Å². The normalized spacial score (nSPS) is 23.8. The summed E-state index contributed by atoms with van der Waals surface area (Å²) in [5.41, 5.74) is 7.21. The van der Waals surface area contributed by atoms with E-state index in [4.69, 9.17) is 22.1 Å². The molecule has 2 aliphatic heterocycles. The number of halogens is 1. The van der Waals surface area contributed by atoms with Crippen LogP contribution in [0.1, 0.15) is 25.7 Å². The minimum absolute atomic E-state index is 0.0343. The summed E-state index contributed by atoms with van der Waals surface area (Å²) in [6.07, 6.45) is 3.74. The molecular formula is C18H26ClN3O2. The molecule has 2 atom stereocenters. The summed E-state index contributed by atoms with van der Waals surface area (Å²) in [6.45, 7) is 3.14. The van der Waals surface area contributed by atoms with Crippen molar-refractivity contribution in [3.63, 3.8) is 0 Å². The lowest BCUT2D eigenvalue weighted by Crippen LogP contribution is -2.54. The van der Waals surface area contributed by atoms with E-state index in [2.05, 4.69) is 10.2 Å². The zero-order chi connectivity index (χ0) is 16.9. The minimum atomic E-state index is -0.440. The standard InChI is InChI=1S/C18H26ClN3O2/c19-15-5-1-2-6-16(15)22-9-3-4-14(12-22)21-18(23)17(20)13-7-10-24-11-8-13/h1-2,5-6,13-14,17H,3-4,7-12,20H2,(H,21,23). The van der Waals surface area contributed by atoms with E-state index in [1.165, 1.54) is 0 Å². The molecule has 6 heteroatoms. The molecule has 24 heavy (non-hydrogen) atoms. The Morgan fingerprint density at radius 1 is 1.29 bits per heavy atom. The number of carbonyl (C=O) groups is 1. The zero-order valence-corrected chi connectivity index (χ0v) is 14.7. The predicted molar refractivity (Wildman–Crippen MR) is 96.3 cm³/mol. The number of nitrogens with zero attached hydrogens (tertiary/aromatic N) is 1. The highest BCUT2D eigenvalue weighted by Crippen LogP contribution is 2.28. The van der Waals surface area contributed by atoms with Gasteiger partial charge in [-0.1, -0.05) is 23.7 Å². The molecule has 0 bridgehead atoms. The maximum Gasteiger partial charge on any atom is 0.237 e. The summed E-state index contributed by atoms with van der Waals surface area (Å²) >= 11 is 6.30. The highest BCUT2D eigenvalue weighted by molar-refractivity contribution is 6.33. The molecule has 0 radical (unpaired) electrons. The number of amides is 1. The van der Waals surface area contributed by atoms with Gasteiger partial charge in [-0.3, -0.25) is 4.79 Å². The summed E-state index contributed by atoms with van der Waals surface area (Å²) in [5, 5.41) is 3.90. The van der Waals surface area contributed by atoms with Gasteiger partial charge in [-0.15, -0.1) is 0 Å². The van der Waals surface area contributed by atoms with Crippen molar-refractivity contribution in [1.29, 1.82) is 0 Å². The smallest absolute Gasteiger partial charge is 0.237 e. The first-order valence-electron chi connectivity index (χ1n) is 8.78. The first-order chi connectivity index (χ1) is 11.6. The molecule has 5 nitrogen and oxygen atoms in total. The number of ether oxygens (including phenoxy) is 1. The number of nitrogens with one attached hydrogen (secondary N) is 1. The predicted octanol–water partition coefficient (Wildman–Crippen LogP) is 2.18. The summed E-state index contributed by atoms with van der Waals surface area (Å²) in [7, 11) is 0. The molecule has 0 saturated carbocycles. The van der Waals surface area contributed by atoms with Gasteiger partial charge in [0.2, 0.25) is 5.91 Å². The van der Waals surface area contributed by atoms with Crippen molar-refractivity contribution in [3.8, 4) is 0 Å². The third-order valence-electron chi connectivity index (χ3n) is 5.04. The fourth-order valence-corrected chi connectivity index (χ4v) is 3.86. The molecule has 2 heterocycles. The quantitative estimate of drug-likeness (QED) is 0.872. The monoisotopic (exact) mass is 351 g/mol. The Labute approximate surface area is 148 Å². The Hall–Kier alpha value is -1.30. The van der Waals surface area contributed by atoms with Crippen LogP contribution in [0.15, 0.2) is 24.3 Å². The van der Waals surface area contributed by atoms with Gasteiger partial charge < -0.3 is 20.7 Å². The molecule has 2 fully saturated rings. The van der Waals surface area contributed by atoms with E-state index in [1.807, 2.05) is 24.3 Å². The molecular weight excluding hydrogens is 326 g/mol. The van der Waals surface area contributed by atoms with Crippen molar-refractivity contribution < 1.29 is 9.53 Å². The van der Waals surface area contributed by atoms with Gasteiger partial charge in [0.25, 0.3) is 0 Å². The Morgan fingerprint density at radius 3 is 2.79 bits per heavy atom. The first-order valence-corrected chi connectivity index (χ1v) is 9.16. The van der Waals surface area contributed by atoms with Crippen LogP contribution in [-0.2, 0) is 9.53 Å². The van der Waals surface area contributed by atoms with Crippen LogP contribution >= 0.6 is 11.6 Å². The summed E-state index contributed by atoms with van der Waals surface area (Å²) in [6, 6.07) is 7.53. The maximum absolute atomic E-state index is 12.5. The summed E-state index contributed by atoms with van der Waals surface area (Å²) in [4.78, 5) is 14.7. The number of piperidine rings is 1. The van der Waals surface area contributed by atoms with Crippen LogP contribution in [0.25, 0.3) is 0 Å². The number of hydrogen-bond acceptors (Lipinski definition) is 4. The number of hydrogen-bond donors (Lipinski definition) is 2. The number of para-hydroxylation sites is 1. The highest BCUT2D eigenvalue weighted by Gasteiger charge is 2.29. The van der Waals surface area contributed by atoms with E-state index in [0.717, 1.165) is 49.5 Å². The Balaban J connectivity index is 1.57. The highest BCUT2D eigenvalue weighted by atomic mass is 35.5. The van der Waals surface area contributed by atoms with E-state index in [-0.39, 0.29) is 17.9 Å². The molecule has 0 aliphatic carbocycles. The van der Waals surface area contributed by atoms with Crippen LogP contribution in [0.2, 0.25) is 5.02 Å². The van der Waals surface area contributed by atoms with Crippen LogP contribution in [0.4, 0.5) is 5.69 Å². The first kappa shape index (κ1) is 17.5. The van der Waals surface area contributed by atoms with Crippen LogP contribution < -0.4 is 16.0 Å². The van der Waals surface area contributed by atoms with Crippen molar-refractivity contribution in [2.45, 2.75) is 37.8 Å². The second kappa shape index (κ2) is 8.19. The van der Waals surface area contributed by atoms with Gasteiger partial charge in [0.15, 0.2) is 0 Å². The molecule has 3 N–H and O–H groups in total. The maximum atomic E-state index is 12.5. The zero-order valence-electron chi connectivity index (χ0n) is 13.9. The minimum Gasteiger partial charge on any atom is -0.381 e. The lowest BCUT2D eigenvalue weighted by atomic mass is 9.91. The summed E-state index contributed by atoms with van der Waals surface area (Å²) < 4.78 is 5.35. The number of carbonyl (C=O) groups excluding carboxylic acids is 1. The average molecular weight is 352 g/mol. The molecule has 0 spiro atoms. The topological polar surface area (TPSA) is 67.6 Å². The Kier molecular flexibility index (Phi) is 5.98. The van der Waals surface area contributed by atoms with Crippen LogP contribution in [0.5, 0.6) is 0 Å². The van der Waals surface area contributed by atoms with Gasteiger partial charge in [0.1, 0.15) is 0 Å². The summed E-state index contributed by atoms with van der Waals surface area (Å²) in [5.74, 6) is 0.190. The van der Waals surface area contributed by atoms with Gasteiger partial charge in [-0.05, 0) is 43.7 Å². The van der Waals surface area contributed by atoms with Crippen LogP contribution in [0, 0.1) is 5.92 Å². The molecule has 3 rings (SSSR count). The van der Waals surface area contributed by atoms with Gasteiger partial charge >= 0.3 is 0 Å². The van der Waals surface area contributed by atoms with E-state index in [1.54, 1.807) is 0 Å². The van der Waals surface area contributed by atoms with Crippen molar-refractivity contribution in [3.05, 3.63) is 29.3 Å². The van der Waals surface area contributed by atoms with Gasteiger partial charge in [0, 0.05) is 32.3 Å². The van der Waals surface area contributed by atoms with Crippen molar-refractivity contribution in [2.24, 2.45) is 11.7 Å². The lowest BCUT2D eigenvalue weighted by Gasteiger charge is -2.36. The van der Waals surface area contributed by atoms with Crippen LogP contribution in [0.3, 0.4) is 0 Å². The van der Waals surface area contributed by atoms with E-state index in [0.29, 0.717) is 13.2 Å². The molecule has 1 aromatic carbocycles. The van der Waals surface area contributed by atoms with Gasteiger partial charge in [-0.2, -0.15) is 0 Å². The van der Waals surface area contributed by atoms with E-state index >= 15 is 0 Å². The molecule has 2 aliphatic rings. The molecule has 132 valence electrons. The fraction of sp³-hybridized carbons (Fsp3) is 0.611. The van der Waals surface area contributed by atoms with Crippen molar-refractivity contribution in [1.82, 2.24) is 5.32 Å². The molecule has 0 aromatic heterocycles. The Morgan fingerprint density at radius 2 is 2.04 bits per heavy atom. The number of anilines is 1. The van der Waals surface area contributed by atoms with E-state index < -0.39 is 6.04 Å². The second-order valence-electron chi connectivity index (χ2n) is 6.72. The van der Waals surface area contributed by atoms with Gasteiger partial charge in [0.05, 0.1) is 16.8 Å². The van der Waals surface area contributed by atoms with Crippen LogP contribution in [-0.4, -0.2) is 44.3 Å². The third kappa shape index (κ3) is 4.21. The number of rotatable bonds is 4. The number of benzene rings is 1. The third-order valence-corrected chi connectivity index (χ3v) is 5.36. The van der Waals surface area contributed by atoms with Gasteiger partial charge in [-0.25, -0.2) is 0 Å². The average Bonchev–Trinajstić information content (AvgIpc) is 2.62.